The van der Waals surface area contributed by atoms with Crippen LogP contribution < -0.4 is 10.1 Å². The number of aromatic nitrogens is 1. The van der Waals surface area contributed by atoms with Crippen molar-refractivity contribution in [1.82, 2.24) is 15.2 Å². The Morgan fingerprint density at radius 3 is 2.33 bits per heavy atom. The molecule has 0 radical (unpaired) electrons. The van der Waals surface area contributed by atoms with E-state index in [1.807, 2.05) is 4.90 Å². The van der Waals surface area contributed by atoms with Gasteiger partial charge in [0.05, 0.1) is 0 Å². The maximum atomic E-state index is 12.1. The summed E-state index contributed by atoms with van der Waals surface area (Å²) in [5, 5.41) is 2.76. The van der Waals surface area contributed by atoms with Gasteiger partial charge in [-0.1, -0.05) is 12.1 Å². The fourth-order valence-electron chi connectivity index (χ4n) is 3.17. The number of rotatable bonds is 4. The van der Waals surface area contributed by atoms with Gasteiger partial charge in [-0.2, -0.15) is 0 Å². The zero-order valence-corrected chi connectivity index (χ0v) is 18.6. The van der Waals surface area contributed by atoms with Crippen molar-refractivity contribution in [2.75, 3.05) is 13.1 Å². The van der Waals surface area contributed by atoms with E-state index >= 15 is 0 Å². The topological polar surface area (TPSA) is 71.5 Å². The summed E-state index contributed by atoms with van der Waals surface area (Å²) >= 11 is 0. The van der Waals surface area contributed by atoms with Gasteiger partial charge in [-0.15, -0.1) is 0 Å². The fraction of sp³-hybridized carbons (Fsp3) is 0.458. The molecule has 0 atom stereocenters. The van der Waals surface area contributed by atoms with E-state index in [1.165, 1.54) is 11.1 Å². The van der Waals surface area contributed by atoms with Crippen molar-refractivity contribution in [3.63, 3.8) is 0 Å². The number of nitrogens with one attached hydrogen (secondary N) is 1. The molecule has 1 aromatic carbocycles. The van der Waals surface area contributed by atoms with Crippen LogP contribution in [0.15, 0.2) is 42.7 Å². The Morgan fingerprint density at radius 2 is 1.77 bits per heavy atom. The number of piperidine rings is 1. The molecule has 6 heteroatoms. The molecule has 162 valence electrons. The van der Waals surface area contributed by atoms with Crippen LogP contribution in [-0.4, -0.2) is 46.9 Å². The number of aryl methyl sites for hydroxylation is 2. The average Bonchev–Trinajstić information content (AvgIpc) is 2.71. The Hall–Kier alpha value is -2.89. The van der Waals surface area contributed by atoms with Gasteiger partial charge in [-0.3, -0.25) is 14.6 Å². The molecule has 3 rings (SSSR count). The molecule has 30 heavy (non-hydrogen) atoms. The van der Waals surface area contributed by atoms with Crippen LogP contribution in [0.25, 0.3) is 0 Å². The third-order valence-corrected chi connectivity index (χ3v) is 4.77. The van der Waals surface area contributed by atoms with Crippen molar-refractivity contribution < 1.29 is 14.3 Å². The average molecular weight is 412 g/mol. The minimum atomic E-state index is -0.113. The molecule has 0 aliphatic carbocycles. The van der Waals surface area contributed by atoms with Gasteiger partial charge in [-0.05, 0) is 76.8 Å². The molecule has 0 bridgehead atoms. The first kappa shape index (κ1) is 23.4. The molecule has 1 aromatic heterocycles. The highest BCUT2D eigenvalue weighted by molar-refractivity contribution is 5.94. The molecule has 0 saturated carbocycles. The lowest BCUT2D eigenvalue weighted by Crippen LogP contribution is -2.44. The Kier molecular flexibility index (Phi) is 8.39. The van der Waals surface area contributed by atoms with Crippen LogP contribution in [0.5, 0.6) is 5.75 Å². The lowest BCUT2D eigenvalue weighted by molar-refractivity contribution is -0.110. The van der Waals surface area contributed by atoms with Gasteiger partial charge >= 0.3 is 0 Å². The minimum Gasteiger partial charge on any atom is -0.488 e. The van der Waals surface area contributed by atoms with Crippen molar-refractivity contribution in [2.45, 2.75) is 59.1 Å². The number of carbonyl (C=O) groups is 2. The molecular formula is C24H33N3O3. The van der Waals surface area contributed by atoms with Crippen molar-refractivity contribution in [3.05, 3.63) is 59.4 Å². The first-order valence-electron chi connectivity index (χ1n) is 10.3. The smallest absolute Gasteiger partial charge is 0.253 e. The Labute approximate surface area is 179 Å². The lowest BCUT2D eigenvalue weighted by Gasteiger charge is -2.31. The quantitative estimate of drug-likeness (QED) is 0.774. The van der Waals surface area contributed by atoms with Gasteiger partial charge < -0.3 is 15.0 Å². The Morgan fingerprint density at radius 1 is 1.13 bits per heavy atom. The van der Waals surface area contributed by atoms with Crippen molar-refractivity contribution in [3.8, 4) is 5.75 Å². The highest BCUT2D eigenvalue weighted by atomic mass is 16.5. The number of nitrogens with zero attached hydrogens (tertiary/aromatic N) is 2. The van der Waals surface area contributed by atoms with Gasteiger partial charge in [0.25, 0.3) is 5.91 Å². The molecule has 1 fully saturated rings. The molecule has 6 nitrogen and oxygen atoms in total. The number of carbonyl (C=O) groups excluding carboxylic acids is 2. The molecule has 1 N–H and O–H groups in total. The molecule has 0 spiro atoms. The summed E-state index contributed by atoms with van der Waals surface area (Å²) in [5.74, 6) is 1.03. The third kappa shape index (κ3) is 7.50. The second-order valence-corrected chi connectivity index (χ2v) is 8.57. The first-order valence-corrected chi connectivity index (χ1v) is 10.3. The molecule has 1 aliphatic heterocycles. The SMILES string of the molecule is Cc1ccc(C)c(OC(C)(C)C)c1.O=CNC1CCN(C(=O)c2ccncc2)CC1. The summed E-state index contributed by atoms with van der Waals surface area (Å²) in [5.41, 5.74) is 2.99. The number of likely N-dealkylation sites (tertiary alicyclic amines) is 1. The van der Waals surface area contributed by atoms with Crippen molar-refractivity contribution >= 4 is 12.3 Å². The number of hydrogen-bond donors (Lipinski definition) is 1. The normalized spacial score (nSPS) is 14.4. The van der Waals surface area contributed by atoms with Crippen LogP contribution in [0.2, 0.25) is 0 Å². The van der Waals surface area contributed by atoms with Gasteiger partial charge in [-0.25, -0.2) is 0 Å². The largest absolute Gasteiger partial charge is 0.488 e. The maximum Gasteiger partial charge on any atom is 0.253 e. The highest BCUT2D eigenvalue weighted by Gasteiger charge is 2.23. The van der Waals surface area contributed by atoms with Gasteiger partial charge in [0, 0.05) is 37.1 Å². The monoisotopic (exact) mass is 411 g/mol. The van der Waals surface area contributed by atoms with Crippen molar-refractivity contribution in [1.29, 1.82) is 0 Å². The van der Waals surface area contributed by atoms with Gasteiger partial charge in [0.2, 0.25) is 6.41 Å². The molecule has 1 saturated heterocycles. The number of amides is 2. The van der Waals surface area contributed by atoms with Crippen molar-refractivity contribution in [2.24, 2.45) is 0 Å². The molecule has 2 heterocycles. The van der Waals surface area contributed by atoms with E-state index in [0.29, 0.717) is 18.7 Å². The third-order valence-electron chi connectivity index (χ3n) is 4.77. The molecular weight excluding hydrogens is 378 g/mol. The van der Waals surface area contributed by atoms with E-state index < -0.39 is 0 Å². The van der Waals surface area contributed by atoms with E-state index in [0.717, 1.165) is 25.0 Å². The van der Waals surface area contributed by atoms with Crippen LogP contribution in [0.1, 0.15) is 55.1 Å². The minimum absolute atomic E-state index is 0.0388. The van der Waals surface area contributed by atoms with Crippen LogP contribution >= 0.6 is 0 Å². The zero-order valence-electron chi connectivity index (χ0n) is 18.6. The van der Waals surface area contributed by atoms with E-state index in [4.69, 9.17) is 4.74 Å². The molecule has 2 amide bonds. The second kappa shape index (κ2) is 10.8. The number of ether oxygens (including phenoxy) is 1. The number of pyridine rings is 1. The van der Waals surface area contributed by atoms with Crippen LogP contribution in [0.3, 0.4) is 0 Å². The summed E-state index contributed by atoms with van der Waals surface area (Å²) in [7, 11) is 0. The lowest BCUT2D eigenvalue weighted by atomic mass is 10.0. The maximum absolute atomic E-state index is 12.1. The van der Waals surface area contributed by atoms with E-state index in [-0.39, 0.29) is 17.6 Å². The second-order valence-electron chi connectivity index (χ2n) is 8.57. The summed E-state index contributed by atoms with van der Waals surface area (Å²) in [6.07, 6.45) is 5.60. The number of benzene rings is 1. The van der Waals surface area contributed by atoms with Crippen LogP contribution in [0, 0.1) is 13.8 Å². The predicted octanol–water partition coefficient (Wildman–Crippen LogP) is 3.91. The zero-order chi connectivity index (χ0) is 22.1. The van der Waals surface area contributed by atoms with Gasteiger partial charge in [0.15, 0.2) is 0 Å². The van der Waals surface area contributed by atoms with Crippen LogP contribution in [-0.2, 0) is 4.79 Å². The van der Waals surface area contributed by atoms with E-state index in [1.54, 1.807) is 24.5 Å². The highest BCUT2D eigenvalue weighted by Crippen LogP contribution is 2.23. The number of hydrogen-bond acceptors (Lipinski definition) is 4. The predicted molar refractivity (Wildman–Crippen MR) is 119 cm³/mol. The summed E-state index contributed by atoms with van der Waals surface area (Å²) < 4.78 is 5.81. The molecule has 1 aliphatic rings. The Bertz CT molecular complexity index is 823. The molecule has 0 unspecified atom stereocenters. The van der Waals surface area contributed by atoms with E-state index in [2.05, 4.69) is 63.1 Å². The standard InChI is InChI=1S/C12H15N3O2.C12H18O/c16-9-14-11-3-7-15(8-4-11)12(17)10-1-5-13-6-2-10;1-9-6-7-10(2)11(8-9)13-12(3,4)5/h1-2,5-6,9,11H,3-4,7-8H2,(H,14,16);6-8H,1-5H3. The van der Waals surface area contributed by atoms with Crippen LogP contribution in [0.4, 0.5) is 0 Å². The summed E-state index contributed by atoms with van der Waals surface area (Å²) in [6.45, 7) is 11.7. The fourth-order valence-corrected chi connectivity index (χ4v) is 3.17. The van der Waals surface area contributed by atoms with E-state index in [9.17, 15) is 9.59 Å². The first-order chi connectivity index (χ1) is 14.2. The molecule has 2 aromatic rings. The summed E-state index contributed by atoms with van der Waals surface area (Å²) in [4.78, 5) is 28.1. The van der Waals surface area contributed by atoms with Gasteiger partial charge in [0.1, 0.15) is 11.4 Å². The summed E-state index contributed by atoms with van der Waals surface area (Å²) in [6, 6.07) is 9.92. The Balaban J connectivity index is 0.000000222.